The number of rotatable bonds is 5. The van der Waals surface area contributed by atoms with Gasteiger partial charge in [0.1, 0.15) is 0 Å². The molecule has 0 aliphatic heterocycles. The number of halogens is 1. The van der Waals surface area contributed by atoms with Gasteiger partial charge in [0.2, 0.25) is 5.78 Å². The van der Waals surface area contributed by atoms with E-state index in [4.69, 9.17) is 0 Å². The summed E-state index contributed by atoms with van der Waals surface area (Å²) in [5, 5.41) is 2.87. The number of benzene rings is 2. The van der Waals surface area contributed by atoms with Gasteiger partial charge in [0.15, 0.2) is 0 Å². The summed E-state index contributed by atoms with van der Waals surface area (Å²) in [6.45, 7) is 0.401. The lowest BCUT2D eigenvalue weighted by Crippen LogP contribution is -2.22. The highest BCUT2D eigenvalue weighted by Gasteiger charge is 2.12. The first-order valence-corrected chi connectivity index (χ1v) is 8.96. The van der Waals surface area contributed by atoms with Gasteiger partial charge >= 0.3 is 0 Å². The number of hydrogen-bond donors (Lipinski definition) is 1. The normalized spacial score (nSPS) is 10.4. The van der Waals surface area contributed by atoms with E-state index < -0.39 is 0 Å². The molecule has 3 aromatic rings. The Labute approximate surface area is 152 Å². The van der Waals surface area contributed by atoms with Crippen LogP contribution in [0.2, 0.25) is 0 Å². The molecule has 0 radical (unpaired) electrons. The van der Waals surface area contributed by atoms with Crippen molar-refractivity contribution in [2.45, 2.75) is 6.54 Å². The monoisotopic (exact) mass is 399 g/mol. The van der Waals surface area contributed by atoms with E-state index in [9.17, 15) is 9.59 Å². The largest absolute Gasteiger partial charge is 0.347 e. The van der Waals surface area contributed by atoms with Crippen molar-refractivity contribution in [3.8, 4) is 0 Å². The van der Waals surface area contributed by atoms with E-state index in [0.717, 1.165) is 9.35 Å². The molecule has 2 aromatic carbocycles. The molecule has 120 valence electrons. The van der Waals surface area contributed by atoms with Crippen LogP contribution in [0.25, 0.3) is 0 Å². The second-order valence-corrected chi connectivity index (χ2v) is 7.24. The number of hydrogen-bond acceptors (Lipinski definition) is 3. The molecule has 24 heavy (non-hydrogen) atoms. The zero-order valence-electron chi connectivity index (χ0n) is 12.7. The number of ketones is 1. The quantitative estimate of drug-likeness (QED) is 0.633. The summed E-state index contributed by atoms with van der Waals surface area (Å²) >= 11 is 4.76. The molecule has 0 unspecified atom stereocenters. The lowest BCUT2D eigenvalue weighted by Gasteiger charge is -2.04. The highest BCUT2D eigenvalue weighted by molar-refractivity contribution is 9.10. The van der Waals surface area contributed by atoms with E-state index in [1.54, 1.807) is 30.3 Å². The Kier molecular flexibility index (Phi) is 5.23. The minimum atomic E-state index is -0.138. The summed E-state index contributed by atoms with van der Waals surface area (Å²) in [6.07, 6.45) is 0. The number of carbonyl (C=O) groups is 2. The Hall–Kier alpha value is -2.24. The maximum absolute atomic E-state index is 12.4. The van der Waals surface area contributed by atoms with Crippen molar-refractivity contribution in [3.05, 3.63) is 92.1 Å². The fourth-order valence-electron chi connectivity index (χ4n) is 2.23. The maximum Gasteiger partial charge on any atom is 0.251 e. The number of thiophene rings is 1. The van der Waals surface area contributed by atoms with Crippen LogP contribution in [0.5, 0.6) is 0 Å². The highest BCUT2D eigenvalue weighted by Crippen LogP contribution is 2.20. The Morgan fingerprint density at radius 1 is 0.917 bits per heavy atom. The van der Waals surface area contributed by atoms with Gasteiger partial charge in [-0.2, -0.15) is 0 Å². The molecular weight excluding hydrogens is 386 g/mol. The molecule has 1 heterocycles. The van der Waals surface area contributed by atoms with E-state index >= 15 is 0 Å². The highest BCUT2D eigenvalue weighted by atomic mass is 79.9. The van der Waals surface area contributed by atoms with Gasteiger partial charge in [-0.25, -0.2) is 0 Å². The van der Waals surface area contributed by atoms with Crippen molar-refractivity contribution in [2.24, 2.45) is 0 Å². The molecular formula is C19H14BrNO2S. The van der Waals surface area contributed by atoms with Gasteiger partial charge in [0, 0.05) is 20.5 Å². The molecule has 0 bridgehead atoms. The maximum atomic E-state index is 12.4. The molecule has 0 spiro atoms. The van der Waals surface area contributed by atoms with E-state index in [-0.39, 0.29) is 11.7 Å². The molecule has 0 saturated heterocycles. The minimum Gasteiger partial charge on any atom is -0.347 e. The third kappa shape index (κ3) is 3.99. The predicted octanol–water partition coefficient (Wildman–Crippen LogP) is 4.67. The first-order valence-electron chi connectivity index (χ1n) is 7.36. The van der Waals surface area contributed by atoms with Crippen LogP contribution < -0.4 is 5.32 Å². The average Bonchev–Trinajstić information content (AvgIpc) is 3.09. The van der Waals surface area contributed by atoms with Crippen LogP contribution in [-0.4, -0.2) is 11.7 Å². The van der Waals surface area contributed by atoms with Crippen molar-refractivity contribution in [2.75, 3.05) is 0 Å². The minimum absolute atomic E-state index is 0.00478. The summed E-state index contributed by atoms with van der Waals surface area (Å²) < 4.78 is 0.863. The van der Waals surface area contributed by atoms with Crippen molar-refractivity contribution < 1.29 is 9.59 Å². The molecule has 0 aliphatic carbocycles. The molecule has 3 nitrogen and oxygen atoms in total. The smallest absolute Gasteiger partial charge is 0.251 e. The van der Waals surface area contributed by atoms with Crippen LogP contribution in [0.3, 0.4) is 0 Å². The fourth-order valence-corrected chi connectivity index (χ4v) is 3.53. The van der Waals surface area contributed by atoms with Crippen LogP contribution >= 0.6 is 27.3 Å². The van der Waals surface area contributed by atoms with E-state index in [2.05, 4.69) is 21.2 Å². The summed E-state index contributed by atoms with van der Waals surface area (Å²) in [6, 6.07) is 20.1. The lowest BCUT2D eigenvalue weighted by molar-refractivity contribution is 0.0950. The van der Waals surface area contributed by atoms with Crippen LogP contribution in [0.4, 0.5) is 0 Å². The molecule has 5 heteroatoms. The number of carbonyl (C=O) groups excluding carboxylic acids is 2. The molecule has 0 fully saturated rings. The summed E-state index contributed by atoms with van der Waals surface area (Å²) in [5.41, 5.74) is 1.27. The number of nitrogens with one attached hydrogen (secondary N) is 1. The Balaban J connectivity index is 1.64. The standard InChI is InChI=1S/C19H14BrNO2S/c20-15-8-4-7-14(11-15)19(23)21-12-16-9-10-17(24-16)18(22)13-5-2-1-3-6-13/h1-11H,12H2,(H,21,23). The van der Waals surface area contributed by atoms with Crippen LogP contribution in [0.1, 0.15) is 30.5 Å². The molecule has 3 rings (SSSR count). The second-order valence-electron chi connectivity index (χ2n) is 5.15. The van der Waals surface area contributed by atoms with E-state index in [0.29, 0.717) is 22.5 Å². The average molecular weight is 400 g/mol. The van der Waals surface area contributed by atoms with Crippen molar-refractivity contribution in [1.29, 1.82) is 0 Å². The Bertz CT molecular complexity index is 874. The molecule has 1 N–H and O–H groups in total. The van der Waals surface area contributed by atoms with Crippen molar-refractivity contribution in [1.82, 2.24) is 5.32 Å². The van der Waals surface area contributed by atoms with Crippen LogP contribution in [0, 0.1) is 0 Å². The van der Waals surface area contributed by atoms with E-state index in [1.165, 1.54) is 11.3 Å². The molecule has 0 atom stereocenters. The van der Waals surface area contributed by atoms with Gasteiger partial charge in [-0.3, -0.25) is 9.59 Å². The summed E-state index contributed by atoms with van der Waals surface area (Å²) in [5.74, 6) is -0.134. The fraction of sp³-hybridized carbons (Fsp3) is 0.0526. The van der Waals surface area contributed by atoms with Gasteiger partial charge in [0.25, 0.3) is 5.91 Å². The van der Waals surface area contributed by atoms with Crippen molar-refractivity contribution in [3.63, 3.8) is 0 Å². The Morgan fingerprint density at radius 3 is 2.42 bits per heavy atom. The molecule has 0 saturated carbocycles. The summed E-state index contributed by atoms with van der Waals surface area (Å²) in [7, 11) is 0. The molecule has 1 amide bonds. The predicted molar refractivity (Wildman–Crippen MR) is 99.5 cm³/mol. The lowest BCUT2D eigenvalue weighted by atomic mass is 10.1. The summed E-state index contributed by atoms with van der Waals surface area (Å²) in [4.78, 5) is 26.1. The number of amides is 1. The third-order valence-electron chi connectivity index (χ3n) is 3.43. The Morgan fingerprint density at radius 2 is 1.67 bits per heavy atom. The molecule has 0 aliphatic rings. The zero-order chi connectivity index (χ0) is 16.9. The van der Waals surface area contributed by atoms with E-state index in [1.807, 2.05) is 36.4 Å². The van der Waals surface area contributed by atoms with Crippen LogP contribution in [-0.2, 0) is 6.54 Å². The molecule has 1 aromatic heterocycles. The van der Waals surface area contributed by atoms with Gasteiger partial charge < -0.3 is 5.32 Å². The topological polar surface area (TPSA) is 46.2 Å². The van der Waals surface area contributed by atoms with Crippen molar-refractivity contribution >= 4 is 39.0 Å². The van der Waals surface area contributed by atoms with Gasteiger partial charge in [-0.1, -0.05) is 52.3 Å². The van der Waals surface area contributed by atoms with Gasteiger partial charge in [0.05, 0.1) is 11.4 Å². The SMILES string of the molecule is O=C(NCc1ccc(C(=O)c2ccccc2)s1)c1cccc(Br)c1. The zero-order valence-corrected chi connectivity index (χ0v) is 15.1. The van der Waals surface area contributed by atoms with Crippen LogP contribution in [0.15, 0.2) is 71.2 Å². The van der Waals surface area contributed by atoms with Gasteiger partial charge in [-0.15, -0.1) is 11.3 Å². The third-order valence-corrected chi connectivity index (χ3v) is 5.01. The second kappa shape index (κ2) is 7.55. The van der Waals surface area contributed by atoms with Gasteiger partial charge in [-0.05, 0) is 30.3 Å². The first kappa shape index (κ1) is 16.6. The first-order chi connectivity index (χ1) is 11.6.